The summed E-state index contributed by atoms with van der Waals surface area (Å²) in [5, 5.41) is 11.8. The fourth-order valence-corrected chi connectivity index (χ4v) is 2.44. The molecule has 1 heterocycles. The monoisotopic (exact) mass is 340 g/mol. The molecule has 1 aromatic rings. The predicted molar refractivity (Wildman–Crippen MR) is 84.7 cm³/mol. The summed E-state index contributed by atoms with van der Waals surface area (Å²) in [4.78, 5) is 24.8. The fraction of sp³-hybridized carbons (Fsp3) is 0.500. The number of rotatable bonds is 6. The number of anilines is 1. The number of methoxy groups -OCH3 is 1. The summed E-state index contributed by atoms with van der Waals surface area (Å²) in [6.45, 7) is 2.63. The predicted octanol–water partition coefficient (Wildman–Crippen LogP) is 2.18. The lowest BCUT2D eigenvalue weighted by molar-refractivity contribution is -0.146. The number of halogens is 1. The van der Waals surface area contributed by atoms with Gasteiger partial charge in [0.1, 0.15) is 6.61 Å². The molecule has 2 rings (SSSR count). The number of aliphatic carboxylic acids is 1. The normalized spacial score (nSPS) is 20.0. The van der Waals surface area contributed by atoms with E-state index >= 15 is 0 Å². The van der Waals surface area contributed by atoms with E-state index in [0.29, 0.717) is 19.6 Å². The van der Waals surface area contributed by atoms with Crippen LogP contribution in [-0.2, 0) is 9.53 Å². The summed E-state index contributed by atoms with van der Waals surface area (Å²) >= 11 is 0. The fourth-order valence-electron chi connectivity index (χ4n) is 2.44. The molecule has 1 aromatic carbocycles. The van der Waals surface area contributed by atoms with Crippen LogP contribution in [0.4, 0.5) is 14.9 Å². The number of benzene rings is 1. The summed E-state index contributed by atoms with van der Waals surface area (Å²) in [5.41, 5.74) is -0.665. The lowest BCUT2D eigenvalue weighted by atomic mass is 9.90. The van der Waals surface area contributed by atoms with E-state index in [0.717, 1.165) is 6.07 Å². The third-order valence-corrected chi connectivity index (χ3v) is 4.01. The van der Waals surface area contributed by atoms with Crippen molar-refractivity contribution < 1.29 is 28.6 Å². The number of carbonyl (C=O) groups excluding carboxylic acids is 1. The number of likely N-dealkylation sites (tertiary alicyclic amines) is 1. The Morgan fingerprint density at radius 3 is 2.75 bits per heavy atom. The van der Waals surface area contributed by atoms with Gasteiger partial charge in [-0.25, -0.2) is 9.18 Å². The molecular weight excluding hydrogens is 319 g/mol. The third-order valence-electron chi connectivity index (χ3n) is 4.01. The van der Waals surface area contributed by atoms with Crippen molar-refractivity contribution >= 4 is 17.7 Å². The van der Waals surface area contributed by atoms with E-state index in [2.05, 4.69) is 5.32 Å². The average Bonchev–Trinajstić information content (AvgIpc) is 2.94. The van der Waals surface area contributed by atoms with Crippen molar-refractivity contribution in [3.05, 3.63) is 24.0 Å². The molecule has 132 valence electrons. The van der Waals surface area contributed by atoms with Crippen LogP contribution < -0.4 is 10.1 Å². The molecule has 1 aliphatic heterocycles. The lowest BCUT2D eigenvalue weighted by Gasteiger charge is -2.20. The highest BCUT2D eigenvalue weighted by atomic mass is 19.1. The number of carboxylic acids is 1. The molecule has 0 bridgehead atoms. The Bertz CT molecular complexity index is 624. The minimum absolute atomic E-state index is 0.0738. The van der Waals surface area contributed by atoms with Crippen LogP contribution in [0.2, 0.25) is 0 Å². The van der Waals surface area contributed by atoms with E-state index in [1.165, 1.54) is 24.1 Å². The topological polar surface area (TPSA) is 88.1 Å². The summed E-state index contributed by atoms with van der Waals surface area (Å²) in [6, 6.07) is 3.65. The number of hydrogen-bond donors (Lipinski definition) is 2. The van der Waals surface area contributed by atoms with Crippen LogP contribution in [0.15, 0.2) is 18.2 Å². The molecule has 1 saturated heterocycles. The molecule has 0 aliphatic carbocycles. The van der Waals surface area contributed by atoms with Gasteiger partial charge in [-0.3, -0.25) is 4.79 Å². The van der Waals surface area contributed by atoms with Crippen molar-refractivity contribution in [1.82, 2.24) is 4.90 Å². The maximum Gasteiger partial charge on any atom is 0.321 e. The number of urea groups is 1. The summed E-state index contributed by atoms with van der Waals surface area (Å²) in [7, 11) is 1.52. The first-order valence-corrected chi connectivity index (χ1v) is 7.56. The quantitative estimate of drug-likeness (QED) is 0.775. The van der Waals surface area contributed by atoms with E-state index in [4.69, 9.17) is 9.47 Å². The second-order valence-electron chi connectivity index (χ2n) is 5.95. The largest absolute Gasteiger partial charge is 0.488 e. The first-order valence-electron chi connectivity index (χ1n) is 7.56. The number of carbonyl (C=O) groups is 2. The zero-order valence-corrected chi connectivity index (χ0v) is 13.7. The minimum atomic E-state index is -0.943. The van der Waals surface area contributed by atoms with Gasteiger partial charge in [0.15, 0.2) is 11.6 Å². The molecule has 1 fully saturated rings. The van der Waals surface area contributed by atoms with Gasteiger partial charge in [-0.05, 0) is 25.5 Å². The number of nitrogens with zero attached hydrogens (tertiary/aromatic N) is 1. The smallest absolute Gasteiger partial charge is 0.321 e. The van der Waals surface area contributed by atoms with Crippen molar-refractivity contribution in [2.45, 2.75) is 13.3 Å². The molecule has 0 aromatic heterocycles. The van der Waals surface area contributed by atoms with Crippen LogP contribution in [0.3, 0.4) is 0 Å². The zero-order valence-electron chi connectivity index (χ0n) is 13.7. The van der Waals surface area contributed by atoms with Gasteiger partial charge in [-0.2, -0.15) is 0 Å². The van der Waals surface area contributed by atoms with E-state index in [1.807, 2.05) is 0 Å². The number of ether oxygens (including phenoxy) is 2. The van der Waals surface area contributed by atoms with Gasteiger partial charge in [0.2, 0.25) is 0 Å². The van der Waals surface area contributed by atoms with Crippen LogP contribution in [0.25, 0.3) is 0 Å². The molecule has 0 saturated carbocycles. The number of hydrogen-bond acceptors (Lipinski definition) is 4. The van der Waals surface area contributed by atoms with Crippen molar-refractivity contribution in [1.29, 1.82) is 0 Å². The van der Waals surface area contributed by atoms with Gasteiger partial charge >= 0.3 is 12.0 Å². The van der Waals surface area contributed by atoms with Gasteiger partial charge in [0, 0.05) is 32.0 Å². The minimum Gasteiger partial charge on any atom is -0.488 e. The molecule has 1 unspecified atom stereocenters. The van der Waals surface area contributed by atoms with Crippen LogP contribution in [0, 0.1) is 11.2 Å². The number of amides is 2. The number of nitrogens with one attached hydrogen (secondary N) is 1. The van der Waals surface area contributed by atoms with Gasteiger partial charge in [-0.15, -0.1) is 0 Å². The maximum atomic E-state index is 13.9. The molecule has 8 heteroatoms. The first kappa shape index (κ1) is 18.0. The van der Waals surface area contributed by atoms with Gasteiger partial charge in [0.05, 0.1) is 12.0 Å². The molecule has 1 aliphatic rings. The molecule has 2 N–H and O–H groups in total. The Kier molecular flexibility index (Phi) is 5.61. The Labute approximate surface area is 139 Å². The Morgan fingerprint density at radius 2 is 2.17 bits per heavy atom. The van der Waals surface area contributed by atoms with Crippen molar-refractivity contribution in [3.8, 4) is 5.75 Å². The molecule has 24 heavy (non-hydrogen) atoms. The molecule has 2 amide bonds. The van der Waals surface area contributed by atoms with Crippen LogP contribution in [-0.4, -0.2) is 55.4 Å². The third kappa shape index (κ3) is 4.14. The summed E-state index contributed by atoms with van der Waals surface area (Å²) in [6.07, 6.45) is 0.385. The lowest BCUT2D eigenvalue weighted by Crippen LogP contribution is -2.37. The van der Waals surface area contributed by atoms with Gasteiger partial charge in [-0.1, -0.05) is 0 Å². The van der Waals surface area contributed by atoms with E-state index < -0.39 is 23.2 Å². The highest BCUT2D eigenvalue weighted by Crippen LogP contribution is 2.30. The average molecular weight is 340 g/mol. The highest BCUT2D eigenvalue weighted by molar-refractivity contribution is 5.90. The molecule has 7 nitrogen and oxygen atoms in total. The Balaban J connectivity index is 1.95. The van der Waals surface area contributed by atoms with Crippen LogP contribution in [0.1, 0.15) is 13.3 Å². The summed E-state index contributed by atoms with van der Waals surface area (Å²) < 4.78 is 23.9. The first-order chi connectivity index (χ1) is 11.4. The maximum absolute atomic E-state index is 13.9. The standard InChI is InChI=1S/C16H21FN2O5/c1-16(14(20)21)5-6-19(10-16)15(22)18-11-3-4-13(12(17)9-11)24-8-7-23-2/h3-4,9H,5-8,10H2,1-2H3,(H,18,22)(H,20,21). The Hall–Kier alpha value is -2.35. The van der Waals surface area contributed by atoms with Crippen molar-refractivity contribution in [2.75, 3.05) is 38.7 Å². The molecule has 0 radical (unpaired) electrons. The van der Waals surface area contributed by atoms with E-state index in [1.54, 1.807) is 6.92 Å². The zero-order chi connectivity index (χ0) is 17.7. The Morgan fingerprint density at radius 1 is 1.42 bits per heavy atom. The van der Waals surface area contributed by atoms with Gasteiger partial charge in [0.25, 0.3) is 0 Å². The number of carboxylic acid groups (broad SMARTS) is 1. The van der Waals surface area contributed by atoms with Crippen molar-refractivity contribution in [2.24, 2.45) is 5.41 Å². The van der Waals surface area contributed by atoms with E-state index in [-0.39, 0.29) is 24.6 Å². The molecule has 1 atom stereocenters. The second-order valence-corrected chi connectivity index (χ2v) is 5.95. The summed E-state index contributed by atoms with van der Waals surface area (Å²) in [5.74, 6) is -1.45. The van der Waals surface area contributed by atoms with Gasteiger partial charge < -0.3 is 24.8 Å². The molecule has 0 spiro atoms. The molecular formula is C16H21FN2O5. The van der Waals surface area contributed by atoms with Crippen LogP contribution >= 0.6 is 0 Å². The van der Waals surface area contributed by atoms with E-state index in [9.17, 15) is 19.1 Å². The van der Waals surface area contributed by atoms with Crippen molar-refractivity contribution in [3.63, 3.8) is 0 Å². The second kappa shape index (κ2) is 7.48. The highest BCUT2D eigenvalue weighted by Gasteiger charge is 2.42. The SMILES string of the molecule is COCCOc1ccc(NC(=O)N2CCC(C)(C(=O)O)C2)cc1F. The van der Waals surface area contributed by atoms with Crippen LogP contribution in [0.5, 0.6) is 5.75 Å².